The predicted molar refractivity (Wildman–Crippen MR) is 71.0 cm³/mol. The summed E-state index contributed by atoms with van der Waals surface area (Å²) < 4.78 is 7.46. The third kappa shape index (κ3) is 2.60. The molecular formula is C13H19N3O3. The first-order chi connectivity index (χ1) is 9.08. The number of ether oxygens (including phenoxy) is 1. The van der Waals surface area contributed by atoms with Crippen LogP contribution in [0, 0.1) is 6.92 Å². The van der Waals surface area contributed by atoms with Gasteiger partial charge in [-0.15, -0.1) is 0 Å². The Hall–Kier alpha value is -1.50. The van der Waals surface area contributed by atoms with E-state index in [1.165, 1.54) is 6.20 Å². The molecule has 1 aromatic heterocycles. The van der Waals surface area contributed by atoms with Crippen molar-refractivity contribution in [1.29, 1.82) is 0 Å². The van der Waals surface area contributed by atoms with Crippen molar-refractivity contribution in [2.75, 3.05) is 6.61 Å². The van der Waals surface area contributed by atoms with Crippen LogP contribution in [0.3, 0.4) is 0 Å². The molecule has 6 nitrogen and oxygen atoms in total. The van der Waals surface area contributed by atoms with E-state index >= 15 is 0 Å². The summed E-state index contributed by atoms with van der Waals surface area (Å²) in [6.45, 7) is 7.16. The van der Waals surface area contributed by atoms with Crippen molar-refractivity contribution in [3.63, 3.8) is 0 Å². The highest BCUT2D eigenvalue weighted by molar-refractivity contribution is 5.98. The average molecular weight is 265 g/mol. The molecule has 1 aliphatic heterocycles. The van der Waals surface area contributed by atoms with Crippen molar-refractivity contribution < 1.29 is 14.9 Å². The van der Waals surface area contributed by atoms with E-state index in [0.717, 1.165) is 17.1 Å². The maximum atomic E-state index is 9.76. The van der Waals surface area contributed by atoms with Crippen LogP contribution >= 0.6 is 0 Å². The minimum atomic E-state index is -0.650. The number of aliphatic imine (C=N–C) groups is 1. The van der Waals surface area contributed by atoms with E-state index in [2.05, 4.69) is 16.6 Å². The number of aliphatic hydroxyl groups is 2. The van der Waals surface area contributed by atoms with E-state index in [1.807, 2.05) is 18.4 Å². The summed E-state index contributed by atoms with van der Waals surface area (Å²) in [7, 11) is 0. The average Bonchev–Trinajstić information content (AvgIpc) is 2.92. The first kappa shape index (κ1) is 13.9. The fraction of sp³-hybridized carbons (Fsp3) is 0.538. The summed E-state index contributed by atoms with van der Waals surface area (Å²) in [6, 6.07) is 0. The van der Waals surface area contributed by atoms with Gasteiger partial charge in [0.2, 0.25) is 0 Å². The Morgan fingerprint density at radius 1 is 1.74 bits per heavy atom. The number of rotatable bonds is 4. The van der Waals surface area contributed by atoms with Crippen LogP contribution in [-0.4, -0.2) is 44.3 Å². The number of aromatic nitrogens is 2. The van der Waals surface area contributed by atoms with Crippen molar-refractivity contribution in [1.82, 2.24) is 9.55 Å². The van der Waals surface area contributed by atoms with Crippen LogP contribution in [0.15, 0.2) is 24.1 Å². The fourth-order valence-corrected chi connectivity index (χ4v) is 2.32. The monoisotopic (exact) mass is 265 g/mol. The topological polar surface area (TPSA) is 79.9 Å². The molecule has 1 aromatic rings. The van der Waals surface area contributed by atoms with Gasteiger partial charge in [0, 0.05) is 18.3 Å². The zero-order chi connectivity index (χ0) is 14.0. The van der Waals surface area contributed by atoms with Crippen molar-refractivity contribution in [2.24, 2.45) is 4.99 Å². The van der Waals surface area contributed by atoms with Crippen LogP contribution < -0.4 is 0 Å². The Morgan fingerprint density at radius 2 is 2.47 bits per heavy atom. The summed E-state index contributed by atoms with van der Waals surface area (Å²) in [5.74, 6) is 0. The van der Waals surface area contributed by atoms with Gasteiger partial charge in [-0.05, 0) is 13.8 Å². The van der Waals surface area contributed by atoms with Crippen LogP contribution in [0.5, 0.6) is 0 Å². The normalized spacial score (nSPS) is 27.8. The lowest BCUT2D eigenvalue weighted by Gasteiger charge is -2.15. The first-order valence-corrected chi connectivity index (χ1v) is 6.22. The molecule has 1 aliphatic rings. The second-order valence-electron chi connectivity index (χ2n) is 4.60. The molecule has 104 valence electrons. The maximum absolute atomic E-state index is 9.76. The maximum Gasteiger partial charge on any atom is 0.138 e. The van der Waals surface area contributed by atoms with E-state index in [9.17, 15) is 5.11 Å². The molecule has 3 atom stereocenters. The van der Waals surface area contributed by atoms with Gasteiger partial charge in [-0.1, -0.05) is 6.58 Å². The largest absolute Gasteiger partial charge is 0.394 e. The lowest BCUT2D eigenvalue weighted by Crippen LogP contribution is -2.24. The van der Waals surface area contributed by atoms with Gasteiger partial charge in [-0.25, -0.2) is 4.98 Å². The molecule has 2 heterocycles. The molecule has 2 rings (SSSR count). The fourth-order valence-electron chi connectivity index (χ4n) is 2.32. The SMILES string of the molecule is C=CN=C(C)c1ncn(C2C[C@H](O)C(CO)O2)c1C. The molecule has 1 saturated heterocycles. The van der Waals surface area contributed by atoms with Gasteiger partial charge in [0.25, 0.3) is 0 Å². The molecule has 2 N–H and O–H groups in total. The summed E-state index contributed by atoms with van der Waals surface area (Å²) in [5.41, 5.74) is 2.48. The zero-order valence-electron chi connectivity index (χ0n) is 11.2. The van der Waals surface area contributed by atoms with Crippen LogP contribution in [0.4, 0.5) is 0 Å². The lowest BCUT2D eigenvalue weighted by atomic mass is 10.2. The molecule has 19 heavy (non-hydrogen) atoms. The number of aliphatic hydroxyl groups excluding tert-OH is 2. The minimum absolute atomic E-state index is 0.185. The summed E-state index contributed by atoms with van der Waals surface area (Å²) in [6.07, 6.45) is 2.11. The molecule has 2 unspecified atom stereocenters. The second kappa shape index (κ2) is 5.64. The van der Waals surface area contributed by atoms with Gasteiger partial charge in [0.1, 0.15) is 18.0 Å². The van der Waals surface area contributed by atoms with Crippen molar-refractivity contribution in [3.8, 4) is 0 Å². The van der Waals surface area contributed by atoms with Crippen LogP contribution in [-0.2, 0) is 4.74 Å². The third-order valence-corrected chi connectivity index (χ3v) is 3.36. The predicted octanol–water partition coefficient (Wildman–Crippen LogP) is 0.785. The van der Waals surface area contributed by atoms with Gasteiger partial charge in [0.15, 0.2) is 0 Å². The molecule has 0 aliphatic carbocycles. The summed E-state index contributed by atoms with van der Waals surface area (Å²) >= 11 is 0. The summed E-state index contributed by atoms with van der Waals surface area (Å²) in [4.78, 5) is 8.43. The Labute approximate surface area is 112 Å². The van der Waals surface area contributed by atoms with Crippen LogP contribution in [0.1, 0.15) is 31.0 Å². The van der Waals surface area contributed by atoms with Crippen LogP contribution in [0.2, 0.25) is 0 Å². The second-order valence-corrected chi connectivity index (χ2v) is 4.60. The molecule has 0 saturated carbocycles. The minimum Gasteiger partial charge on any atom is -0.394 e. The van der Waals surface area contributed by atoms with E-state index in [0.29, 0.717) is 6.42 Å². The number of hydrogen-bond acceptors (Lipinski definition) is 5. The third-order valence-electron chi connectivity index (χ3n) is 3.36. The molecule has 0 radical (unpaired) electrons. The molecule has 0 spiro atoms. The Bertz CT molecular complexity index is 495. The Kier molecular flexibility index (Phi) is 4.14. The Morgan fingerprint density at radius 3 is 3.05 bits per heavy atom. The van der Waals surface area contributed by atoms with E-state index in [-0.39, 0.29) is 12.8 Å². The molecule has 6 heteroatoms. The molecule has 0 amide bonds. The molecule has 0 bridgehead atoms. The standard InChI is InChI=1S/C13H19N3O3/c1-4-14-8(2)13-9(3)16(7-15-13)12-5-10(18)11(6-17)19-12/h4,7,10-12,17-18H,1,5-6H2,2-3H3/t10-,11?,12?/m0/s1. The van der Waals surface area contributed by atoms with Gasteiger partial charge in [-0.3, -0.25) is 4.99 Å². The lowest BCUT2D eigenvalue weighted by molar-refractivity contribution is -0.0449. The molecule has 1 fully saturated rings. The quantitative estimate of drug-likeness (QED) is 0.789. The summed E-state index contributed by atoms with van der Waals surface area (Å²) in [5, 5.41) is 18.8. The molecule has 0 aromatic carbocycles. The zero-order valence-corrected chi connectivity index (χ0v) is 11.2. The Balaban J connectivity index is 2.24. The highest BCUT2D eigenvalue weighted by Gasteiger charge is 2.35. The van der Waals surface area contributed by atoms with Crippen LogP contribution in [0.25, 0.3) is 0 Å². The molecular weight excluding hydrogens is 246 g/mol. The van der Waals surface area contributed by atoms with E-state index in [1.54, 1.807) is 6.33 Å². The van der Waals surface area contributed by atoms with Crippen molar-refractivity contribution in [3.05, 3.63) is 30.5 Å². The number of imidazole rings is 1. The number of nitrogens with zero attached hydrogens (tertiary/aromatic N) is 3. The van der Waals surface area contributed by atoms with Gasteiger partial charge in [0.05, 0.1) is 24.7 Å². The van der Waals surface area contributed by atoms with Gasteiger partial charge < -0.3 is 19.5 Å². The van der Waals surface area contributed by atoms with Crippen molar-refractivity contribution in [2.45, 2.75) is 38.7 Å². The van der Waals surface area contributed by atoms with Crippen molar-refractivity contribution >= 4 is 5.71 Å². The van der Waals surface area contributed by atoms with Gasteiger partial charge in [-0.2, -0.15) is 0 Å². The highest BCUT2D eigenvalue weighted by atomic mass is 16.5. The van der Waals surface area contributed by atoms with E-state index < -0.39 is 12.2 Å². The van der Waals surface area contributed by atoms with E-state index in [4.69, 9.17) is 9.84 Å². The van der Waals surface area contributed by atoms with Gasteiger partial charge >= 0.3 is 0 Å². The smallest absolute Gasteiger partial charge is 0.138 e. The number of hydrogen-bond donors (Lipinski definition) is 2. The first-order valence-electron chi connectivity index (χ1n) is 6.22. The highest BCUT2D eigenvalue weighted by Crippen LogP contribution is 2.30.